The van der Waals surface area contributed by atoms with Gasteiger partial charge >= 0.3 is 0 Å². The van der Waals surface area contributed by atoms with Gasteiger partial charge in [0.25, 0.3) is 0 Å². The SMILES string of the molecule is CCNC(CC1CC1)c1ccccc1OCCOC. The lowest BCUT2D eigenvalue weighted by molar-refractivity contribution is 0.145. The third-order valence-corrected chi connectivity index (χ3v) is 3.56. The van der Waals surface area contributed by atoms with Gasteiger partial charge in [-0.1, -0.05) is 38.0 Å². The van der Waals surface area contributed by atoms with Gasteiger partial charge in [-0.05, 0) is 24.9 Å². The molecule has 1 fully saturated rings. The van der Waals surface area contributed by atoms with Crippen LogP contribution in [0.15, 0.2) is 24.3 Å². The van der Waals surface area contributed by atoms with Crippen LogP contribution in [0.25, 0.3) is 0 Å². The van der Waals surface area contributed by atoms with E-state index in [1.54, 1.807) is 7.11 Å². The predicted molar refractivity (Wildman–Crippen MR) is 77.6 cm³/mol. The zero-order chi connectivity index (χ0) is 13.5. The molecular weight excluding hydrogens is 238 g/mol. The average molecular weight is 263 g/mol. The van der Waals surface area contributed by atoms with Crippen molar-refractivity contribution < 1.29 is 9.47 Å². The highest BCUT2D eigenvalue weighted by Gasteiger charge is 2.27. The minimum absolute atomic E-state index is 0.413. The van der Waals surface area contributed by atoms with E-state index in [-0.39, 0.29) is 0 Å². The molecule has 19 heavy (non-hydrogen) atoms. The van der Waals surface area contributed by atoms with Crippen LogP contribution in [0.1, 0.15) is 37.8 Å². The second-order valence-corrected chi connectivity index (χ2v) is 5.17. The zero-order valence-corrected chi connectivity index (χ0v) is 12.0. The second-order valence-electron chi connectivity index (χ2n) is 5.17. The van der Waals surface area contributed by atoms with Gasteiger partial charge in [-0.15, -0.1) is 0 Å². The number of nitrogens with one attached hydrogen (secondary N) is 1. The fourth-order valence-corrected chi connectivity index (χ4v) is 2.39. The van der Waals surface area contributed by atoms with E-state index in [0.717, 1.165) is 18.2 Å². The summed E-state index contributed by atoms with van der Waals surface area (Å²) in [5.74, 6) is 1.89. The fraction of sp³-hybridized carbons (Fsp3) is 0.625. The van der Waals surface area contributed by atoms with E-state index in [2.05, 4.69) is 30.4 Å². The Morgan fingerprint density at radius 1 is 1.26 bits per heavy atom. The summed E-state index contributed by atoms with van der Waals surface area (Å²) in [6.45, 7) is 4.39. The van der Waals surface area contributed by atoms with Gasteiger partial charge in [-0.2, -0.15) is 0 Å². The van der Waals surface area contributed by atoms with Crippen LogP contribution in [0.3, 0.4) is 0 Å². The Kier molecular flexibility index (Phi) is 5.67. The van der Waals surface area contributed by atoms with Crippen LogP contribution in [0, 0.1) is 5.92 Å². The summed E-state index contributed by atoms with van der Waals surface area (Å²) in [7, 11) is 1.70. The van der Waals surface area contributed by atoms with Crippen molar-refractivity contribution in [3.05, 3.63) is 29.8 Å². The normalized spacial score (nSPS) is 16.3. The van der Waals surface area contributed by atoms with Crippen LogP contribution < -0.4 is 10.1 Å². The molecule has 106 valence electrons. The van der Waals surface area contributed by atoms with E-state index in [1.165, 1.54) is 24.8 Å². The summed E-state index contributed by atoms with van der Waals surface area (Å²) < 4.78 is 10.9. The standard InChI is InChI=1S/C16H25NO2/c1-3-17-15(12-13-8-9-13)14-6-4-5-7-16(14)19-11-10-18-2/h4-7,13,15,17H,3,8-12H2,1-2H3. The molecule has 1 aromatic rings. The number of hydrogen-bond donors (Lipinski definition) is 1. The van der Waals surface area contributed by atoms with Crippen LogP contribution in [-0.4, -0.2) is 26.9 Å². The molecule has 0 saturated heterocycles. The molecule has 3 nitrogen and oxygen atoms in total. The summed E-state index contributed by atoms with van der Waals surface area (Å²) in [5, 5.41) is 3.59. The van der Waals surface area contributed by atoms with Gasteiger partial charge in [0.15, 0.2) is 0 Å². The number of methoxy groups -OCH3 is 1. The number of benzene rings is 1. The summed E-state index contributed by atoms with van der Waals surface area (Å²) in [6.07, 6.45) is 3.99. The Bertz CT molecular complexity index is 377. The van der Waals surface area contributed by atoms with Crippen molar-refractivity contribution in [2.75, 3.05) is 26.9 Å². The van der Waals surface area contributed by atoms with Gasteiger partial charge in [-0.25, -0.2) is 0 Å². The lowest BCUT2D eigenvalue weighted by Crippen LogP contribution is -2.22. The molecule has 0 bridgehead atoms. The summed E-state index contributed by atoms with van der Waals surface area (Å²) in [5.41, 5.74) is 1.28. The van der Waals surface area contributed by atoms with E-state index in [1.807, 2.05) is 6.07 Å². The first-order chi connectivity index (χ1) is 9.35. The number of rotatable bonds is 9. The molecule has 1 aliphatic carbocycles. The van der Waals surface area contributed by atoms with Crippen LogP contribution in [0.2, 0.25) is 0 Å². The predicted octanol–water partition coefficient (Wildman–Crippen LogP) is 3.16. The fourth-order valence-electron chi connectivity index (χ4n) is 2.39. The first kappa shape index (κ1) is 14.4. The first-order valence-corrected chi connectivity index (χ1v) is 7.29. The number of ether oxygens (including phenoxy) is 2. The quantitative estimate of drug-likeness (QED) is 0.694. The Labute approximate surface area is 116 Å². The molecule has 1 aromatic carbocycles. The molecule has 0 aliphatic heterocycles. The van der Waals surface area contributed by atoms with Crippen LogP contribution in [0.5, 0.6) is 5.75 Å². The minimum Gasteiger partial charge on any atom is -0.491 e. The highest BCUT2D eigenvalue weighted by molar-refractivity contribution is 5.36. The highest BCUT2D eigenvalue weighted by atomic mass is 16.5. The monoisotopic (exact) mass is 263 g/mol. The maximum Gasteiger partial charge on any atom is 0.124 e. The van der Waals surface area contributed by atoms with Gasteiger partial charge in [-0.3, -0.25) is 0 Å². The van der Waals surface area contributed by atoms with Gasteiger partial charge in [0.1, 0.15) is 12.4 Å². The Morgan fingerprint density at radius 2 is 2.05 bits per heavy atom. The molecule has 0 heterocycles. The number of para-hydroxylation sites is 1. The third kappa shape index (κ3) is 4.51. The van der Waals surface area contributed by atoms with E-state index in [0.29, 0.717) is 19.3 Å². The molecular formula is C16H25NO2. The molecule has 0 aromatic heterocycles. The molecule has 1 N–H and O–H groups in total. The lowest BCUT2D eigenvalue weighted by Gasteiger charge is -2.21. The van der Waals surface area contributed by atoms with Gasteiger partial charge in [0.2, 0.25) is 0 Å². The van der Waals surface area contributed by atoms with Crippen LogP contribution in [0.4, 0.5) is 0 Å². The maximum atomic E-state index is 5.84. The molecule has 3 heteroatoms. The van der Waals surface area contributed by atoms with E-state index < -0.39 is 0 Å². The van der Waals surface area contributed by atoms with E-state index >= 15 is 0 Å². The van der Waals surface area contributed by atoms with Crippen molar-refractivity contribution in [2.45, 2.75) is 32.2 Å². The highest BCUT2D eigenvalue weighted by Crippen LogP contribution is 2.39. The van der Waals surface area contributed by atoms with Crippen molar-refractivity contribution in [2.24, 2.45) is 5.92 Å². The van der Waals surface area contributed by atoms with Crippen LogP contribution >= 0.6 is 0 Å². The smallest absolute Gasteiger partial charge is 0.124 e. The third-order valence-electron chi connectivity index (χ3n) is 3.56. The van der Waals surface area contributed by atoms with Crippen molar-refractivity contribution in [3.8, 4) is 5.75 Å². The summed E-state index contributed by atoms with van der Waals surface area (Å²) in [4.78, 5) is 0. The van der Waals surface area contributed by atoms with Crippen molar-refractivity contribution in [1.82, 2.24) is 5.32 Å². The topological polar surface area (TPSA) is 30.5 Å². The first-order valence-electron chi connectivity index (χ1n) is 7.29. The zero-order valence-electron chi connectivity index (χ0n) is 12.0. The van der Waals surface area contributed by atoms with Gasteiger partial charge in [0, 0.05) is 18.7 Å². The number of hydrogen-bond acceptors (Lipinski definition) is 3. The largest absolute Gasteiger partial charge is 0.491 e. The van der Waals surface area contributed by atoms with E-state index in [4.69, 9.17) is 9.47 Å². The average Bonchev–Trinajstić information content (AvgIpc) is 3.23. The molecule has 1 atom stereocenters. The van der Waals surface area contributed by atoms with E-state index in [9.17, 15) is 0 Å². The Balaban J connectivity index is 2.05. The molecule has 0 radical (unpaired) electrons. The Morgan fingerprint density at radius 3 is 2.74 bits per heavy atom. The second kappa shape index (κ2) is 7.51. The molecule has 1 unspecified atom stereocenters. The lowest BCUT2D eigenvalue weighted by atomic mass is 10.00. The van der Waals surface area contributed by atoms with Crippen molar-refractivity contribution >= 4 is 0 Å². The molecule has 2 rings (SSSR count). The summed E-state index contributed by atoms with van der Waals surface area (Å²) in [6, 6.07) is 8.78. The van der Waals surface area contributed by atoms with Crippen LogP contribution in [-0.2, 0) is 4.74 Å². The molecule has 1 aliphatic rings. The molecule has 0 spiro atoms. The molecule has 1 saturated carbocycles. The maximum absolute atomic E-state index is 5.84. The Hall–Kier alpha value is -1.06. The minimum atomic E-state index is 0.413. The molecule has 0 amide bonds. The van der Waals surface area contributed by atoms with Gasteiger partial charge < -0.3 is 14.8 Å². The van der Waals surface area contributed by atoms with Crippen molar-refractivity contribution in [1.29, 1.82) is 0 Å². The van der Waals surface area contributed by atoms with Gasteiger partial charge in [0.05, 0.1) is 6.61 Å². The van der Waals surface area contributed by atoms with Crippen molar-refractivity contribution in [3.63, 3.8) is 0 Å². The summed E-state index contributed by atoms with van der Waals surface area (Å²) >= 11 is 0.